The van der Waals surface area contributed by atoms with Gasteiger partial charge in [0.05, 0.1) is 5.56 Å². The number of ether oxygens (including phenoxy) is 1. The fraction of sp³-hybridized carbons (Fsp3) is 0.304. The summed E-state index contributed by atoms with van der Waals surface area (Å²) in [4.78, 5) is 18.0. The van der Waals surface area contributed by atoms with E-state index in [2.05, 4.69) is 9.88 Å². The van der Waals surface area contributed by atoms with Crippen molar-refractivity contribution in [3.8, 4) is 5.75 Å². The summed E-state index contributed by atoms with van der Waals surface area (Å²) in [5.74, 6) is -0.573. The minimum absolute atomic E-state index is 0.0363. The quantitative estimate of drug-likeness (QED) is 0.694. The summed E-state index contributed by atoms with van der Waals surface area (Å²) in [6, 6.07) is 13.9. The second kappa shape index (κ2) is 8.17. The lowest BCUT2D eigenvalue weighted by atomic mass is 10.0. The van der Waals surface area contributed by atoms with Crippen molar-refractivity contribution in [3.05, 3.63) is 71.2 Å². The molecule has 1 N–H and O–H groups in total. The average Bonchev–Trinajstić information content (AvgIpc) is 2.70. The molecule has 3 aromatic rings. The topological polar surface area (TPSA) is 62.7 Å². The molecule has 1 aliphatic rings. The van der Waals surface area contributed by atoms with Crippen molar-refractivity contribution in [1.29, 1.82) is 0 Å². The molecule has 0 saturated carbocycles. The SMILES string of the molecule is Cc1cc(OC2CCN(Cc3ccccc3C(=O)O)CC2)c2cccc(F)c2n1. The van der Waals surface area contributed by atoms with E-state index in [0.717, 1.165) is 37.2 Å². The number of carboxylic acids is 1. The van der Waals surface area contributed by atoms with Gasteiger partial charge in [-0.25, -0.2) is 14.2 Å². The van der Waals surface area contributed by atoms with Crippen LogP contribution in [0.3, 0.4) is 0 Å². The highest BCUT2D eigenvalue weighted by Crippen LogP contribution is 2.29. The lowest BCUT2D eigenvalue weighted by Crippen LogP contribution is -2.38. The molecule has 0 amide bonds. The van der Waals surface area contributed by atoms with E-state index in [-0.39, 0.29) is 11.9 Å². The first-order chi connectivity index (χ1) is 14.0. The second-order valence-corrected chi connectivity index (χ2v) is 7.45. The molecule has 6 heteroatoms. The van der Waals surface area contributed by atoms with Crippen LogP contribution in [-0.2, 0) is 6.54 Å². The summed E-state index contributed by atoms with van der Waals surface area (Å²) >= 11 is 0. The van der Waals surface area contributed by atoms with Crippen LogP contribution in [-0.4, -0.2) is 40.2 Å². The van der Waals surface area contributed by atoms with E-state index in [9.17, 15) is 14.3 Å². The van der Waals surface area contributed by atoms with Gasteiger partial charge in [0.2, 0.25) is 0 Å². The van der Waals surface area contributed by atoms with E-state index in [4.69, 9.17) is 4.74 Å². The number of para-hydroxylation sites is 1. The first-order valence-corrected chi connectivity index (χ1v) is 9.77. The number of hydrogen-bond acceptors (Lipinski definition) is 4. The van der Waals surface area contributed by atoms with Gasteiger partial charge in [-0.15, -0.1) is 0 Å². The van der Waals surface area contributed by atoms with E-state index in [0.29, 0.717) is 28.8 Å². The highest BCUT2D eigenvalue weighted by atomic mass is 19.1. The Morgan fingerprint density at radius 2 is 1.97 bits per heavy atom. The van der Waals surface area contributed by atoms with E-state index < -0.39 is 5.97 Å². The van der Waals surface area contributed by atoms with Crippen LogP contribution in [0.4, 0.5) is 4.39 Å². The van der Waals surface area contributed by atoms with Gasteiger partial charge in [0.1, 0.15) is 23.2 Å². The van der Waals surface area contributed by atoms with Crippen LogP contribution >= 0.6 is 0 Å². The third-order valence-electron chi connectivity index (χ3n) is 5.35. The number of aromatic nitrogens is 1. The maximum absolute atomic E-state index is 14.1. The molecular weight excluding hydrogens is 371 g/mol. The number of likely N-dealkylation sites (tertiary alicyclic amines) is 1. The van der Waals surface area contributed by atoms with E-state index >= 15 is 0 Å². The highest BCUT2D eigenvalue weighted by molar-refractivity contribution is 5.89. The number of rotatable bonds is 5. The molecule has 29 heavy (non-hydrogen) atoms. The lowest BCUT2D eigenvalue weighted by molar-refractivity contribution is 0.0690. The molecule has 0 bridgehead atoms. The molecular formula is C23H23FN2O3. The molecule has 0 atom stereocenters. The lowest BCUT2D eigenvalue weighted by Gasteiger charge is -2.32. The van der Waals surface area contributed by atoms with E-state index in [1.807, 2.05) is 31.2 Å². The zero-order valence-corrected chi connectivity index (χ0v) is 16.3. The number of halogens is 1. The van der Waals surface area contributed by atoms with Crippen LogP contribution in [0.5, 0.6) is 5.75 Å². The predicted octanol–water partition coefficient (Wildman–Crippen LogP) is 4.42. The number of hydrogen-bond donors (Lipinski definition) is 1. The molecule has 0 radical (unpaired) electrons. The fourth-order valence-electron chi connectivity index (χ4n) is 3.87. The van der Waals surface area contributed by atoms with Gasteiger partial charge >= 0.3 is 5.97 Å². The first-order valence-electron chi connectivity index (χ1n) is 9.77. The van der Waals surface area contributed by atoms with Crippen LogP contribution < -0.4 is 4.74 Å². The number of aromatic carboxylic acids is 1. The van der Waals surface area contributed by atoms with Crippen LogP contribution in [0.1, 0.15) is 34.5 Å². The van der Waals surface area contributed by atoms with Crippen molar-refractivity contribution in [2.75, 3.05) is 13.1 Å². The number of carbonyl (C=O) groups is 1. The Kier molecular flexibility index (Phi) is 5.45. The molecule has 2 heterocycles. The Bertz CT molecular complexity index is 1050. The summed E-state index contributed by atoms with van der Waals surface area (Å²) in [7, 11) is 0. The van der Waals surface area contributed by atoms with Crippen molar-refractivity contribution < 1.29 is 19.0 Å². The third kappa shape index (κ3) is 4.22. The molecule has 1 saturated heterocycles. The molecule has 5 nitrogen and oxygen atoms in total. The second-order valence-electron chi connectivity index (χ2n) is 7.45. The average molecular weight is 394 g/mol. The molecule has 2 aromatic carbocycles. The van der Waals surface area contributed by atoms with Gasteiger partial charge in [-0.2, -0.15) is 0 Å². The normalized spacial score (nSPS) is 15.5. The number of aryl methyl sites for hydroxylation is 1. The monoisotopic (exact) mass is 394 g/mol. The maximum atomic E-state index is 14.1. The zero-order chi connectivity index (χ0) is 20.4. The zero-order valence-electron chi connectivity index (χ0n) is 16.3. The largest absolute Gasteiger partial charge is 0.490 e. The molecule has 1 aromatic heterocycles. The minimum atomic E-state index is -0.897. The van der Waals surface area contributed by atoms with Crippen LogP contribution in [0, 0.1) is 12.7 Å². The summed E-state index contributed by atoms with van der Waals surface area (Å²) in [5.41, 5.74) is 2.24. The summed E-state index contributed by atoms with van der Waals surface area (Å²) in [6.45, 7) is 4.07. The number of pyridine rings is 1. The number of benzene rings is 2. The first kappa shape index (κ1) is 19.3. The molecule has 0 aliphatic carbocycles. The van der Waals surface area contributed by atoms with Crippen molar-refractivity contribution >= 4 is 16.9 Å². The van der Waals surface area contributed by atoms with Crippen molar-refractivity contribution in [2.45, 2.75) is 32.4 Å². The maximum Gasteiger partial charge on any atom is 0.336 e. The fourth-order valence-corrected chi connectivity index (χ4v) is 3.87. The number of nitrogens with zero attached hydrogens (tertiary/aromatic N) is 2. The minimum Gasteiger partial charge on any atom is -0.490 e. The summed E-state index contributed by atoms with van der Waals surface area (Å²) in [6.07, 6.45) is 1.69. The number of carboxylic acid groups (broad SMARTS) is 1. The van der Waals surface area contributed by atoms with Gasteiger partial charge in [0.25, 0.3) is 0 Å². The Morgan fingerprint density at radius 1 is 1.21 bits per heavy atom. The summed E-state index contributed by atoms with van der Waals surface area (Å²) < 4.78 is 20.3. The standard InChI is InChI=1S/C23H23FN2O3/c1-15-13-21(19-7-4-8-20(24)22(19)25-15)29-17-9-11-26(12-10-17)14-16-5-2-3-6-18(16)23(27)28/h2-8,13,17H,9-12,14H2,1H3,(H,27,28). The highest BCUT2D eigenvalue weighted by Gasteiger charge is 2.23. The molecule has 150 valence electrons. The van der Waals surface area contributed by atoms with Crippen molar-refractivity contribution in [2.24, 2.45) is 0 Å². The summed E-state index contributed by atoms with van der Waals surface area (Å²) in [5, 5.41) is 10.0. The van der Waals surface area contributed by atoms with Crippen molar-refractivity contribution in [3.63, 3.8) is 0 Å². The van der Waals surface area contributed by atoms with E-state index in [1.54, 1.807) is 18.2 Å². The van der Waals surface area contributed by atoms with Gasteiger partial charge in [-0.3, -0.25) is 4.90 Å². The Morgan fingerprint density at radius 3 is 2.72 bits per heavy atom. The number of fused-ring (bicyclic) bond motifs is 1. The Labute approximate surface area is 168 Å². The van der Waals surface area contributed by atoms with E-state index in [1.165, 1.54) is 6.07 Å². The van der Waals surface area contributed by atoms with Gasteiger partial charge < -0.3 is 9.84 Å². The van der Waals surface area contributed by atoms with Crippen molar-refractivity contribution in [1.82, 2.24) is 9.88 Å². The molecule has 4 rings (SSSR count). The smallest absolute Gasteiger partial charge is 0.336 e. The van der Waals surface area contributed by atoms with Gasteiger partial charge in [0, 0.05) is 36.8 Å². The van der Waals surface area contributed by atoms with Crippen LogP contribution in [0.15, 0.2) is 48.5 Å². The molecule has 1 aliphatic heterocycles. The Hall–Kier alpha value is -2.99. The van der Waals surface area contributed by atoms with Crippen LogP contribution in [0.2, 0.25) is 0 Å². The van der Waals surface area contributed by atoms with Gasteiger partial charge in [-0.1, -0.05) is 24.3 Å². The number of piperidine rings is 1. The molecule has 1 fully saturated rings. The van der Waals surface area contributed by atoms with Crippen LogP contribution in [0.25, 0.3) is 10.9 Å². The Balaban J connectivity index is 1.43. The van der Waals surface area contributed by atoms with Gasteiger partial charge in [-0.05, 0) is 43.5 Å². The van der Waals surface area contributed by atoms with Gasteiger partial charge in [0.15, 0.2) is 0 Å². The molecule has 0 spiro atoms. The predicted molar refractivity (Wildman–Crippen MR) is 109 cm³/mol. The third-order valence-corrected chi connectivity index (χ3v) is 5.35. The molecule has 0 unspecified atom stereocenters.